The maximum absolute atomic E-state index is 12.6. The van der Waals surface area contributed by atoms with Crippen molar-refractivity contribution in [3.05, 3.63) is 59.1 Å². The van der Waals surface area contributed by atoms with E-state index in [2.05, 4.69) is 5.32 Å². The van der Waals surface area contributed by atoms with Gasteiger partial charge in [0.25, 0.3) is 0 Å². The minimum Gasteiger partial charge on any atom is -0.494 e. The Labute approximate surface area is 165 Å². The molecule has 8 heteroatoms. The van der Waals surface area contributed by atoms with Gasteiger partial charge in [0.1, 0.15) is 11.8 Å². The van der Waals surface area contributed by atoms with Crippen molar-refractivity contribution in [2.75, 3.05) is 17.2 Å². The highest BCUT2D eigenvalue weighted by molar-refractivity contribution is 7.92. The molecule has 0 aromatic heterocycles. The van der Waals surface area contributed by atoms with Gasteiger partial charge in [0, 0.05) is 11.6 Å². The lowest BCUT2D eigenvalue weighted by Gasteiger charge is -2.28. The first-order valence-electron chi connectivity index (χ1n) is 8.46. The van der Waals surface area contributed by atoms with E-state index < -0.39 is 22.0 Å². The summed E-state index contributed by atoms with van der Waals surface area (Å²) in [5, 5.41) is 3.16. The van der Waals surface area contributed by atoms with Crippen LogP contribution in [0.25, 0.3) is 0 Å². The zero-order chi connectivity index (χ0) is 20.0. The van der Waals surface area contributed by atoms with Crippen molar-refractivity contribution in [2.45, 2.75) is 26.4 Å². The smallest absolute Gasteiger partial charge is 0.243 e. The molecule has 1 amide bonds. The molecule has 0 bridgehead atoms. The fraction of sp³-hybridized carbons (Fsp3) is 0.316. The lowest BCUT2D eigenvalue weighted by Crippen LogP contribution is -2.47. The number of amides is 1. The molecule has 2 rings (SSSR count). The molecule has 1 N–H and O–H groups in total. The molecule has 0 radical (unpaired) electrons. The standard InChI is InChI=1S/C19H23ClN2O4S/c1-4-26-18-10-8-15(9-11-18)13-21-19(23)14(2)22(27(3,24)25)17-7-5-6-16(20)12-17/h5-12,14H,4,13H2,1-3H3,(H,21,23)/t14-/m0/s1. The molecule has 0 aliphatic heterocycles. The van der Waals surface area contributed by atoms with Crippen molar-refractivity contribution in [2.24, 2.45) is 0 Å². The molecule has 2 aromatic rings. The Hall–Kier alpha value is -2.25. The SMILES string of the molecule is CCOc1ccc(CNC(=O)[C@H](C)N(c2cccc(Cl)c2)S(C)(=O)=O)cc1. The Balaban J connectivity index is 2.11. The number of benzene rings is 2. The Morgan fingerprint density at radius 3 is 2.44 bits per heavy atom. The van der Waals surface area contributed by atoms with E-state index in [4.69, 9.17) is 16.3 Å². The van der Waals surface area contributed by atoms with Gasteiger partial charge in [0.05, 0.1) is 18.6 Å². The van der Waals surface area contributed by atoms with Gasteiger partial charge in [-0.2, -0.15) is 0 Å². The van der Waals surface area contributed by atoms with Gasteiger partial charge in [-0.05, 0) is 49.7 Å². The van der Waals surface area contributed by atoms with Crippen LogP contribution in [0.3, 0.4) is 0 Å². The number of nitrogens with one attached hydrogen (secondary N) is 1. The summed E-state index contributed by atoms with van der Waals surface area (Å²) in [4.78, 5) is 12.6. The first kappa shape index (κ1) is 21.1. The molecule has 0 saturated carbocycles. The zero-order valence-corrected chi connectivity index (χ0v) is 17.0. The summed E-state index contributed by atoms with van der Waals surface area (Å²) >= 11 is 5.97. The lowest BCUT2D eigenvalue weighted by atomic mass is 10.2. The van der Waals surface area contributed by atoms with Gasteiger partial charge in [-0.1, -0.05) is 29.8 Å². The Kier molecular flexibility index (Phi) is 7.10. The molecule has 0 aliphatic rings. The second-order valence-electron chi connectivity index (χ2n) is 6.01. The number of anilines is 1. The molecule has 2 aromatic carbocycles. The molecule has 27 heavy (non-hydrogen) atoms. The number of carbonyl (C=O) groups is 1. The molecule has 0 spiro atoms. The summed E-state index contributed by atoms with van der Waals surface area (Å²) in [5.74, 6) is 0.347. The predicted molar refractivity (Wildman–Crippen MR) is 108 cm³/mol. The van der Waals surface area contributed by atoms with Crippen molar-refractivity contribution in [3.63, 3.8) is 0 Å². The van der Waals surface area contributed by atoms with E-state index >= 15 is 0 Å². The summed E-state index contributed by atoms with van der Waals surface area (Å²) in [6.07, 6.45) is 1.06. The van der Waals surface area contributed by atoms with Crippen LogP contribution >= 0.6 is 11.6 Å². The Bertz CT molecular complexity index is 885. The number of rotatable bonds is 8. The number of halogens is 1. The van der Waals surface area contributed by atoms with Crippen LogP contribution in [0.15, 0.2) is 48.5 Å². The maximum atomic E-state index is 12.6. The normalized spacial score (nSPS) is 12.3. The fourth-order valence-corrected chi connectivity index (χ4v) is 3.98. The van der Waals surface area contributed by atoms with E-state index in [9.17, 15) is 13.2 Å². The highest BCUT2D eigenvalue weighted by Crippen LogP contribution is 2.24. The van der Waals surface area contributed by atoms with E-state index in [1.165, 1.54) is 13.0 Å². The predicted octanol–water partition coefficient (Wildman–Crippen LogP) is 3.21. The Morgan fingerprint density at radius 1 is 1.22 bits per heavy atom. The number of hydrogen-bond donors (Lipinski definition) is 1. The van der Waals surface area contributed by atoms with Crippen molar-refractivity contribution in [3.8, 4) is 5.75 Å². The Morgan fingerprint density at radius 2 is 1.89 bits per heavy atom. The maximum Gasteiger partial charge on any atom is 0.243 e. The summed E-state index contributed by atoms with van der Waals surface area (Å²) in [6, 6.07) is 12.8. The molecular formula is C19H23ClN2O4S. The van der Waals surface area contributed by atoms with Crippen LogP contribution in [0.5, 0.6) is 5.75 Å². The second-order valence-corrected chi connectivity index (χ2v) is 8.31. The number of carbonyl (C=O) groups excluding carboxylic acids is 1. The van der Waals surface area contributed by atoms with Crippen LogP contribution < -0.4 is 14.4 Å². The highest BCUT2D eigenvalue weighted by atomic mass is 35.5. The zero-order valence-electron chi connectivity index (χ0n) is 15.5. The molecule has 1 atom stereocenters. The van der Waals surface area contributed by atoms with Crippen LogP contribution in [0, 0.1) is 0 Å². The summed E-state index contributed by atoms with van der Waals surface area (Å²) in [6.45, 7) is 4.31. The summed E-state index contributed by atoms with van der Waals surface area (Å²) < 4.78 is 30.9. The molecule has 0 fully saturated rings. The third-order valence-corrected chi connectivity index (χ3v) is 5.33. The van der Waals surface area contributed by atoms with E-state index in [0.717, 1.165) is 21.9 Å². The minimum atomic E-state index is -3.68. The van der Waals surface area contributed by atoms with Crippen molar-refractivity contribution >= 4 is 33.2 Å². The molecule has 0 heterocycles. The third kappa shape index (κ3) is 5.87. The van der Waals surface area contributed by atoms with Gasteiger partial charge in [-0.15, -0.1) is 0 Å². The first-order valence-corrected chi connectivity index (χ1v) is 10.7. The summed E-state index contributed by atoms with van der Waals surface area (Å²) in [7, 11) is -3.68. The van der Waals surface area contributed by atoms with Crippen LogP contribution in [0.1, 0.15) is 19.4 Å². The third-order valence-electron chi connectivity index (χ3n) is 3.85. The number of hydrogen-bond acceptors (Lipinski definition) is 4. The van der Waals surface area contributed by atoms with Crippen molar-refractivity contribution in [1.82, 2.24) is 5.32 Å². The molecule has 0 aliphatic carbocycles. The topological polar surface area (TPSA) is 75.7 Å². The fourth-order valence-electron chi connectivity index (χ4n) is 2.63. The van der Waals surface area contributed by atoms with E-state index in [-0.39, 0.29) is 6.54 Å². The first-order chi connectivity index (χ1) is 12.7. The molecule has 0 saturated heterocycles. The van der Waals surface area contributed by atoms with Gasteiger partial charge in [-0.3, -0.25) is 9.10 Å². The molecule has 146 valence electrons. The van der Waals surface area contributed by atoms with Crippen LogP contribution in [-0.2, 0) is 21.4 Å². The van der Waals surface area contributed by atoms with Gasteiger partial charge >= 0.3 is 0 Å². The van der Waals surface area contributed by atoms with E-state index in [0.29, 0.717) is 17.3 Å². The van der Waals surface area contributed by atoms with Crippen LogP contribution in [0.2, 0.25) is 5.02 Å². The van der Waals surface area contributed by atoms with Crippen molar-refractivity contribution in [1.29, 1.82) is 0 Å². The van der Waals surface area contributed by atoms with Crippen molar-refractivity contribution < 1.29 is 17.9 Å². The molecule has 6 nitrogen and oxygen atoms in total. The van der Waals surface area contributed by atoms with Crippen LogP contribution in [0.4, 0.5) is 5.69 Å². The number of sulfonamides is 1. The average molecular weight is 411 g/mol. The second kappa shape index (κ2) is 9.10. The van der Waals surface area contributed by atoms with E-state index in [1.54, 1.807) is 18.2 Å². The quantitative estimate of drug-likeness (QED) is 0.725. The summed E-state index contributed by atoms with van der Waals surface area (Å²) in [5.41, 5.74) is 1.22. The number of nitrogens with zero attached hydrogens (tertiary/aromatic N) is 1. The monoisotopic (exact) mass is 410 g/mol. The van der Waals surface area contributed by atoms with Gasteiger partial charge in [0.2, 0.25) is 15.9 Å². The lowest BCUT2D eigenvalue weighted by molar-refractivity contribution is -0.122. The van der Waals surface area contributed by atoms with E-state index in [1.807, 2.05) is 31.2 Å². The van der Waals surface area contributed by atoms with Crippen LogP contribution in [-0.4, -0.2) is 33.2 Å². The number of ether oxygens (including phenoxy) is 1. The highest BCUT2D eigenvalue weighted by Gasteiger charge is 2.29. The molecular weight excluding hydrogens is 388 g/mol. The minimum absolute atomic E-state index is 0.280. The van der Waals surface area contributed by atoms with Gasteiger partial charge < -0.3 is 10.1 Å². The molecule has 0 unspecified atom stereocenters. The largest absolute Gasteiger partial charge is 0.494 e. The average Bonchev–Trinajstić information content (AvgIpc) is 2.60. The van der Waals surface area contributed by atoms with Gasteiger partial charge in [0.15, 0.2) is 0 Å². The van der Waals surface area contributed by atoms with Gasteiger partial charge in [-0.25, -0.2) is 8.42 Å².